The monoisotopic (exact) mass is 466 g/mol. The number of carbonyl (C=O) groups excluding carboxylic acids is 1. The summed E-state index contributed by atoms with van der Waals surface area (Å²) in [5, 5.41) is 19.6. The van der Waals surface area contributed by atoms with E-state index in [2.05, 4.69) is 25.9 Å². The van der Waals surface area contributed by atoms with Crippen molar-refractivity contribution >= 4 is 45.2 Å². The highest BCUT2D eigenvalue weighted by molar-refractivity contribution is 7.80. The molecule has 9 nitrogen and oxygen atoms in total. The first-order chi connectivity index (χ1) is 15.6. The minimum absolute atomic E-state index is 0.188. The van der Waals surface area contributed by atoms with E-state index in [1.54, 1.807) is 22.7 Å². The highest BCUT2D eigenvalue weighted by Gasteiger charge is 2.16. The first-order valence-electron chi connectivity index (χ1n) is 9.94. The van der Waals surface area contributed by atoms with Crippen molar-refractivity contribution in [3.63, 3.8) is 0 Å². The number of benzene rings is 2. The normalized spacial score (nSPS) is 12.5. The smallest absolute Gasteiger partial charge is 0.257 e. The molecule has 1 amide bonds. The third kappa shape index (κ3) is 3.99. The van der Waals surface area contributed by atoms with Crippen LogP contribution in [0.2, 0.25) is 0 Å². The van der Waals surface area contributed by atoms with Gasteiger partial charge in [-0.15, -0.1) is 10.2 Å². The minimum atomic E-state index is -0.337. The zero-order valence-electron chi connectivity index (χ0n) is 17.0. The summed E-state index contributed by atoms with van der Waals surface area (Å²) in [5.41, 5.74) is 2.07. The van der Waals surface area contributed by atoms with Crippen molar-refractivity contribution in [1.29, 1.82) is 0 Å². The quantitative estimate of drug-likeness (QED) is 0.442. The largest absolute Gasteiger partial charge is 0.486 e. The lowest BCUT2D eigenvalue weighted by Crippen LogP contribution is -2.34. The number of anilines is 1. The molecule has 5 rings (SSSR count). The number of nitrogens with zero attached hydrogens (tertiary/aromatic N) is 4. The number of nitrogens with one attached hydrogen (secondary N) is 2. The van der Waals surface area contributed by atoms with Crippen LogP contribution < -0.4 is 20.1 Å². The van der Waals surface area contributed by atoms with Crippen molar-refractivity contribution in [2.45, 2.75) is 13.3 Å². The second-order valence-electron chi connectivity index (χ2n) is 6.92. The molecule has 32 heavy (non-hydrogen) atoms. The van der Waals surface area contributed by atoms with Gasteiger partial charge in [-0.05, 0) is 42.5 Å². The number of rotatable bonds is 4. The lowest BCUT2D eigenvalue weighted by atomic mass is 10.2. The van der Waals surface area contributed by atoms with Crippen LogP contribution in [0.4, 0.5) is 5.69 Å². The Kier molecular flexibility index (Phi) is 5.41. The summed E-state index contributed by atoms with van der Waals surface area (Å²) >= 11 is 6.79. The van der Waals surface area contributed by atoms with Crippen LogP contribution in [0.25, 0.3) is 15.5 Å². The SMILES string of the molecule is CCc1nnc2sc(-c3cccc(NC(=S)NC(=O)c4ccc5c(c4)OCCO5)c3)nn12. The standard InChI is InChI=1S/C21H18N6O3S2/c1-2-17-24-25-21-27(17)26-19(32-21)13-4-3-5-14(10-13)22-20(31)23-18(28)12-6-7-15-16(11-12)30-9-8-29-15/h3-7,10-11H,2,8-9H2,1H3,(H2,22,23,28,31). The Morgan fingerprint density at radius 1 is 1.16 bits per heavy atom. The van der Waals surface area contributed by atoms with Crippen molar-refractivity contribution in [1.82, 2.24) is 25.1 Å². The first kappa shape index (κ1) is 20.3. The summed E-state index contributed by atoms with van der Waals surface area (Å²) < 4.78 is 12.8. The summed E-state index contributed by atoms with van der Waals surface area (Å²) in [7, 11) is 0. The molecule has 11 heteroatoms. The van der Waals surface area contributed by atoms with Crippen molar-refractivity contribution in [2.75, 3.05) is 18.5 Å². The Morgan fingerprint density at radius 2 is 2.00 bits per heavy atom. The van der Waals surface area contributed by atoms with Gasteiger partial charge in [0.05, 0.1) is 0 Å². The van der Waals surface area contributed by atoms with Crippen LogP contribution in [0, 0.1) is 0 Å². The Morgan fingerprint density at radius 3 is 2.84 bits per heavy atom. The Bertz CT molecular complexity index is 1330. The van der Waals surface area contributed by atoms with Gasteiger partial charge in [-0.3, -0.25) is 10.1 Å². The summed E-state index contributed by atoms with van der Waals surface area (Å²) in [6.07, 6.45) is 0.753. The molecule has 4 aromatic rings. The van der Waals surface area contributed by atoms with Gasteiger partial charge in [0.25, 0.3) is 5.91 Å². The van der Waals surface area contributed by atoms with Crippen LogP contribution in [-0.4, -0.2) is 44.0 Å². The molecule has 0 atom stereocenters. The van der Waals surface area contributed by atoms with Gasteiger partial charge in [-0.2, -0.15) is 9.61 Å². The predicted molar refractivity (Wildman–Crippen MR) is 125 cm³/mol. The fourth-order valence-corrected chi connectivity index (χ4v) is 4.31. The van der Waals surface area contributed by atoms with Gasteiger partial charge in [-0.1, -0.05) is 30.4 Å². The number of amides is 1. The Labute approximate surface area is 192 Å². The number of thiocarbonyl (C=S) groups is 1. The summed E-state index contributed by atoms with van der Waals surface area (Å²) in [5.74, 6) is 1.66. The van der Waals surface area contributed by atoms with E-state index in [0.717, 1.165) is 33.5 Å². The molecule has 0 saturated carbocycles. The molecule has 0 bridgehead atoms. The van der Waals surface area contributed by atoms with Crippen LogP contribution in [0.1, 0.15) is 23.1 Å². The Balaban J connectivity index is 1.28. The molecule has 2 N–H and O–H groups in total. The van der Waals surface area contributed by atoms with Crippen LogP contribution in [0.15, 0.2) is 42.5 Å². The van der Waals surface area contributed by atoms with Crippen molar-refractivity contribution in [3.8, 4) is 22.1 Å². The second-order valence-corrected chi connectivity index (χ2v) is 8.28. The lowest BCUT2D eigenvalue weighted by Gasteiger charge is -2.18. The first-order valence-corrected chi connectivity index (χ1v) is 11.2. The van der Waals surface area contributed by atoms with E-state index in [4.69, 9.17) is 21.7 Å². The third-order valence-corrected chi connectivity index (χ3v) is 5.92. The predicted octanol–water partition coefficient (Wildman–Crippen LogP) is 3.31. The third-order valence-electron chi connectivity index (χ3n) is 4.77. The van der Waals surface area contributed by atoms with E-state index in [1.165, 1.54) is 11.3 Å². The van der Waals surface area contributed by atoms with Gasteiger partial charge in [-0.25, -0.2) is 0 Å². The molecule has 1 aliphatic rings. The number of aryl methyl sites for hydroxylation is 1. The molecule has 1 aliphatic heterocycles. The summed E-state index contributed by atoms with van der Waals surface area (Å²) in [6, 6.07) is 12.7. The maximum atomic E-state index is 12.6. The van der Waals surface area contributed by atoms with Crippen LogP contribution in [0.5, 0.6) is 11.5 Å². The number of fused-ring (bicyclic) bond motifs is 2. The highest BCUT2D eigenvalue weighted by Crippen LogP contribution is 2.31. The van der Waals surface area contributed by atoms with E-state index in [-0.39, 0.29) is 11.0 Å². The zero-order chi connectivity index (χ0) is 22.1. The van der Waals surface area contributed by atoms with Crippen LogP contribution in [0.3, 0.4) is 0 Å². The van der Waals surface area contributed by atoms with Gasteiger partial charge >= 0.3 is 0 Å². The maximum Gasteiger partial charge on any atom is 0.257 e. The van der Waals surface area contributed by atoms with Gasteiger partial charge in [0.1, 0.15) is 18.2 Å². The van der Waals surface area contributed by atoms with Crippen molar-refractivity contribution in [3.05, 3.63) is 53.9 Å². The molecule has 0 radical (unpaired) electrons. The number of hydrogen-bond acceptors (Lipinski definition) is 8. The van der Waals surface area contributed by atoms with Gasteiger partial charge in [0.15, 0.2) is 22.4 Å². The van der Waals surface area contributed by atoms with E-state index < -0.39 is 0 Å². The number of aromatic nitrogens is 4. The number of hydrogen-bond donors (Lipinski definition) is 2. The fraction of sp³-hybridized carbons (Fsp3) is 0.190. The molecular formula is C21H18N6O3S2. The topological polar surface area (TPSA) is 103 Å². The zero-order valence-corrected chi connectivity index (χ0v) is 18.6. The Hall–Kier alpha value is -3.57. The van der Waals surface area contributed by atoms with E-state index >= 15 is 0 Å². The second kappa shape index (κ2) is 8.52. The molecule has 2 aromatic heterocycles. The van der Waals surface area contributed by atoms with Gasteiger partial charge < -0.3 is 14.8 Å². The maximum absolute atomic E-state index is 12.6. The van der Waals surface area contributed by atoms with Gasteiger partial charge in [0.2, 0.25) is 4.96 Å². The summed E-state index contributed by atoms with van der Waals surface area (Å²) in [6.45, 7) is 2.96. The minimum Gasteiger partial charge on any atom is -0.486 e. The molecule has 0 unspecified atom stereocenters. The fourth-order valence-electron chi connectivity index (χ4n) is 3.25. The van der Waals surface area contributed by atoms with E-state index in [0.29, 0.717) is 30.3 Å². The number of ether oxygens (including phenoxy) is 2. The average molecular weight is 467 g/mol. The van der Waals surface area contributed by atoms with E-state index in [1.807, 2.05) is 31.2 Å². The van der Waals surface area contributed by atoms with E-state index in [9.17, 15) is 4.79 Å². The molecule has 0 saturated heterocycles. The van der Waals surface area contributed by atoms with Crippen LogP contribution in [-0.2, 0) is 6.42 Å². The molecule has 3 heterocycles. The van der Waals surface area contributed by atoms with Crippen molar-refractivity contribution in [2.24, 2.45) is 0 Å². The molecular weight excluding hydrogens is 448 g/mol. The van der Waals surface area contributed by atoms with Crippen molar-refractivity contribution < 1.29 is 14.3 Å². The molecule has 162 valence electrons. The molecule has 0 fully saturated rings. The highest BCUT2D eigenvalue weighted by atomic mass is 32.1. The molecule has 0 aliphatic carbocycles. The average Bonchev–Trinajstić information content (AvgIpc) is 3.39. The van der Waals surface area contributed by atoms with Crippen LogP contribution >= 0.6 is 23.6 Å². The molecule has 2 aromatic carbocycles. The molecule has 0 spiro atoms. The lowest BCUT2D eigenvalue weighted by molar-refractivity contribution is 0.0976. The van der Waals surface area contributed by atoms with Gasteiger partial charge in [0, 0.05) is 23.2 Å². The number of carbonyl (C=O) groups is 1. The summed E-state index contributed by atoms with van der Waals surface area (Å²) in [4.78, 5) is 13.3.